The van der Waals surface area contributed by atoms with Crippen molar-refractivity contribution in [3.05, 3.63) is 0 Å². The van der Waals surface area contributed by atoms with Gasteiger partial charge in [0.05, 0.1) is 18.3 Å². The van der Waals surface area contributed by atoms with Gasteiger partial charge in [0, 0.05) is 0 Å². The van der Waals surface area contributed by atoms with Gasteiger partial charge in [-0.3, -0.25) is 13.6 Å². The SMILES string of the molecule is CC1CCOP(=O)(OC(C)(C)C)O1. The van der Waals surface area contributed by atoms with Gasteiger partial charge in [-0.05, 0) is 34.1 Å². The van der Waals surface area contributed by atoms with Crippen LogP contribution in [0.3, 0.4) is 0 Å². The summed E-state index contributed by atoms with van der Waals surface area (Å²) in [5.41, 5.74) is -0.507. The molecule has 1 fully saturated rings. The predicted molar refractivity (Wildman–Crippen MR) is 49.6 cm³/mol. The summed E-state index contributed by atoms with van der Waals surface area (Å²) in [6.07, 6.45) is 0.708. The van der Waals surface area contributed by atoms with E-state index in [4.69, 9.17) is 13.6 Å². The molecule has 1 aliphatic rings. The van der Waals surface area contributed by atoms with Gasteiger partial charge in [0.25, 0.3) is 0 Å². The molecule has 0 aromatic heterocycles. The van der Waals surface area contributed by atoms with Gasteiger partial charge in [-0.1, -0.05) is 0 Å². The molecule has 78 valence electrons. The summed E-state index contributed by atoms with van der Waals surface area (Å²) in [5.74, 6) is 0. The third-order valence-corrected chi connectivity index (χ3v) is 3.36. The third-order valence-electron chi connectivity index (χ3n) is 1.47. The third kappa shape index (κ3) is 3.77. The van der Waals surface area contributed by atoms with Crippen LogP contribution in [-0.4, -0.2) is 18.3 Å². The molecule has 1 saturated heterocycles. The second-order valence-electron chi connectivity index (χ2n) is 4.19. The number of hydrogen-bond donors (Lipinski definition) is 0. The lowest BCUT2D eigenvalue weighted by atomic mass is 10.2. The Balaban J connectivity index is 2.60. The number of hydrogen-bond acceptors (Lipinski definition) is 4. The fourth-order valence-corrected chi connectivity index (χ4v) is 2.72. The van der Waals surface area contributed by atoms with Gasteiger partial charge in [-0.25, -0.2) is 4.57 Å². The zero-order valence-corrected chi connectivity index (χ0v) is 9.47. The Labute approximate surface area is 79.2 Å². The molecule has 1 heterocycles. The van der Waals surface area contributed by atoms with Crippen molar-refractivity contribution in [2.45, 2.75) is 45.8 Å². The maximum Gasteiger partial charge on any atom is 0.475 e. The van der Waals surface area contributed by atoms with Crippen LogP contribution in [0.1, 0.15) is 34.1 Å². The first-order chi connectivity index (χ1) is 5.81. The highest BCUT2D eigenvalue weighted by Gasteiger charge is 2.37. The van der Waals surface area contributed by atoms with Gasteiger partial charge < -0.3 is 0 Å². The molecular formula is C8H17O4P. The van der Waals surface area contributed by atoms with Crippen LogP contribution in [0.25, 0.3) is 0 Å². The summed E-state index contributed by atoms with van der Waals surface area (Å²) in [7, 11) is -3.29. The second kappa shape index (κ2) is 3.70. The van der Waals surface area contributed by atoms with Gasteiger partial charge in [-0.2, -0.15) is 0 Å². The summed E-state index contributed by atoms with van der Waals surface area (Å²) in [6, 6.07) is 0. The van der Waals surface area contributed by atoms with Crippen LogP contribution in [0.5, 0.6) is 0 Å². The summed E-state index contributed by atoms with van der Waals surface area (Å²) in [6.45, 7) is 7.76. The van der Waals surface area contributed by atoms with Gasteiger partial charge in [0.2, 0.25) is 0 Å². The summed E-state index contributed by atoms with van der Waals surface area (Å²) in [5, 5.41) is 0. The Bertz CT molecular complexity index is 221. The van der Waals surface area contributed by atoms with Crippen LogP contribution in [0.2, 0.25) is 0 Å². The quantitative estimate of drug-likeness (QED) is 0.621. The predicted octanol–water partition coefficient (Wildman–Crippen LogP) is 2.74. The van der Waals surface area contributed by atoms with Crippen LogP contribution >= 0.6 is 7.82 Å². The van der Waals surface area contributed by atoms with E-state index >= 15 is 0 Å². The summed E-state index contributed by atoms with van der Waals surface area (Å²) >= 11 is 0. The van der Waals surface area contributed by atoms with Crippen LogP contribution in [0.4, 0.5) is 0 Å². The molecule has 5 heteroatoms. The first kappa shape index (κ1) is 11.2. The molecule has 13 heavy (non-hydrogen) atoms. The van der Waals surface area contributed by atoms with Crippen molar-refractivity contribution >= 4 is 7.82 Å². The van der Waals surface area contributed by atoms with Crippen molar-refractivity contribution < 1.29 is 18.1 Å². The molecule has 1 aliphatic heterocycles. The maximum atomic E-state index is 11.8. The fraction of sp³-hybridized carbons (Fsp3) is 1.00. The fourth-order valence-electron chi connectivity index (χ4n) is 1.02. The molecule has 0 N–H and O–H groups in total. The van der Waals surface area contributed by atoms with E-state index in [-0.39, 0.29) is 6.10 Å². The highest BCUT2D eigenvalue weighted by Crippen LogP contribution is 2.55. The van der Waals surface area contributed by atoms with Crippen LogP contribution < -0.4 is 0 Å². The van der Waals surface area contributed by atoms with E-state index in [2.05, 4.69) is 0 Å². The van der Waals surface area contributed by atoms with Gasteiger partial charge >= 0.3 is 7.82 Å². The standard InChI is InChI=1S/C8H17O4P/c1-7-5-6-10-13(9,11-7)12-8(2,3)4/h7H,5-6H2,1-4H3. The Kier molecular flexibility index (Phi) is 3.18. The number of rotatable bonds is 1. The minimum Gasteiger partial charge on any atom is -0.287 e. The van der Waals surface area contributed by atoms with Crippen molar-refractivity contribution in [1.29, 1.82) is 0 Å². The molecule has 0 aromatic carbocycles. The van der Waals surface area contributed by atoms with Crippen LogP contribution in [0.15, 0.2) is 0 Å². The van der Waals surface area contributed by atoms with E-state index in [0.29, 0.717) is 6.61 Å². The lowest BCUT2D eigenvalue weighted by Crippen LogP contribution is -2.24. The van der Waals surface area contributed by atoms with Gasteiger partial charge in [0.15, 0.2) is 0 Å². The topological polar surface area (TPSA) is 44.8 Å². The summed E-state index contributed by atoms with van der Waals surface area (Å²) < 4.78 is 27.2. The Hall–Kier alpha value is 0.110. The molecule has 0 saturated carbocycles. The van der Waals surface area contributed by atoms with Crippen molar-refractivity contribution in [3.8, 4) is 0 Å². The zero-order valence-electron chi connectivity index (χ0n) is 8.57. The monoisotopic (exact) mass is 208 g/mol. The Morgan fingerprint density at radius 1 is 1.46 bits per heavy atom. The Morgan fingerprint density at radius 2 is 2.08 bits per heavy atom. The van der Waals surface area contributed by atoms with Crippen LogP contribution in [0, 0.1) is 0 Å². The average Bonchev–Trinajstić information content (AvgIpc) is 1.79. The van der Waals surface area contributed by atoms with E-state index in [9.17, 15) is 4.57 Å². The van der Waals surface area contributed by atoms with Crippen LogP contribution in [-0.2, 0) is 18.1 Å². The molecule has 4 nitrogen and oxygen atoms in total. The smallest absolute Gasteiger partial charge is 0.287 e. The maximum absolute atomic E-state index is 11.8. The Morgan fingerprint density at radius 3 is 2.54 bits per heavy atom. The molecule has 0 aromatic rings. The minimum absolute atomic E-state index is 0.0538. The van der Waals surface area contributed by atoms with Crippen molar-refractivity contribution in [2.75, 3.05) is 6.61 Å². The second-order valence-corrected chi connectivity index (χ2v) is 5.73. The van der Waals surface area contributed by atoms with E-state index in [1.165, 1.54) is 0 Å². The van der Waals surface area contributed by atoms with E-state index in [0.717, 1.165) is 6.42 Å². The molecule has 2 unspecified atom stereocenters. The largest absolute Gasteiger partial charge is 0.475 e. The molecule has 0 aliphatic carbocycles. The first-order valence-electron chi connectivity index (χ1n) is 4.44. The first-order valence-corrected chi connectivity index (χ1v) is 5.90. The highest BCUT2D eigenvalue weighted by molar-refractivity contribution is 7.48. The molecule has 2 atom stereocenters. The molecule has 0 amide bonds. The molecule has 0 radical (unpaired) electrons. The average molecular weight is 208 g/mol. The van der Waals surface area contributed by atoms with Gasteiger partial charge in [-0.15, -0.1) is 0 Å². The molecule has 1 rings (SSSR count). The van der Waals surface area contributed by atoms with Crippen molar-refractivity contribution in [2.24, 2.45) is 0 Å². The lowest BCUT2D eigenvalue weighted by molar-refractivity contribution is -0.00232. The highest BCUT2D eigenvalue weighted by atomic mass is 31.2. The molecule has 0 bridgehead atoms. The van der Waals surface area contributed by atoms with Crippen molar-refractivity contribution in [1.82, 2.24) is 0 Å². The van der Waals surface area contributed by atoms with Crippen molar-refractivity contribution in [3.63, 3.8) is 0 Å². The van der Waals surface area contributed by atoms with E-state index in [1.807, 2.05) is 27.7 Å². The van der Waals surface area contributed by atoms with Gasteiger partial charge in [0.1, 0.15) is 0 Å². The van der Waals surface area contributed by atoms with E-state index < -0.39 is 13.4 Å². The van der Waals surface area contributed by atoms with E-state index in [1.54, 1.807) is 0 Å². The number of phosphoric ester groups is 1. The zero-order chi connectivity index (χ0) is 10.1. The molecule has 0 spiro atoms. The number of phosphoric acid groups is 1. The minimum atomic E-state index is -3.29. The normalized spacial score (nSPS) is 36.2. The summed E-state index contributed by atoms with van der Waals surface area (Å²) in [4.78, 5) is 0. The lowest BCUT2D eigenvalue weighted by Gasteiger charge is -2.31. The molecular weight excluding hydrogens is 191 g/mol.